The Morgan fingerprint density at radius 1 is 1.48 bits per heavy atom. The summed E-state index contributed by atoms with van der Waals surface area (Å²) in [6.07, 6.45) is 4.82. The third-order valence-electron chi connectivity index (χ3n) is 3.86. The molecule has 1 aliphatic rings. The smallest absolute Gasteiger partial charge is 0.408 e. The van der Waals surface area contributed by atoms with Gasteiger partial charge in [0.2, 0.25) is 0 Å². The Labute approximate surface area is 143 Å². The van der Waals surface area contributed by atoms with E-state index >= 15 is 0 Å². The first kappa shape index (κ1) is 18.0. The van der Waals surface area contributed by atoms with Crippen molar-refractivity contribution in [1.29, 1.82) is 0 Å². The molecule has 0 aromatic carbocycles. The van der Waals surface area contributed by atoms with Crippen LogP contribution in [0.3, 0.4) is 0 Å². The number of likely N-dealkylation sites (tertiary alicyclic amines) is 1. The number of rotatable bonds is 3. The molecule has 1 N–H and O–H groups in total. The highest BCUT2D eigenvalue weighted by Crippen LogP contribution is 2.31. The van der Waals surface area contributed by atoms with Gasteiger partial charge in [-0.25, -0.2) is 9.78 Å². The van der Waals surface area contributed by atoms with E-state index in [1.54, 1.807) is 0 Å². The number of aryl methyl sites for hydroxylation is 1. The summed E-state index contributed by atoms with van der Waals surface area (Å²) in [6.45, 7) is 8.96. The van der Waals surface area contributed by atoms with Crippen molar-refractivity contribution in [2.24, 2.45) is 0 Å². The van der Waals surface area contributed by atoms with Crippen LogP contribution >= 0.6 is 11.6 Å². The highest BCUT2D eigenvalue weighted by molar-refractivity contribution is 6.30. The maximum absolute atomic E-state index is 11.9. The zero-order chi connectivity index (χ0) is 17.0. The lowest BCUT2D eigenvalue weighted by Crippen LogP contribution is -2.43. The molecule has 2 rings (SSSR count). The van der Waals surface area contributed by atoms with Crippen LogP contribution in [0.1, 0.15) is 57.2 Å². The molecule has 1 aromatic heterocycles. The Kier molecular flexibility index (Phi) is 5.87. The Morgan fingerprint density at radius 2 is 2.22 bits per heavy atom. The summed E-state index contributed by atoms with van der Waals surface area (Å²) < 4.78 is 5.30. The van der Waals surface area contributed by atoms with Crippen LogP contribution in [-0.2, 0) is 4.74 Å². The van der Waals surface area contributed by atoms with E-state index in [0.29, 0.717) is 11.8 Å². The van der Waals surface area contributed by atoms with Crippen molar-refractivity contribution in [3.05, 3.63) is 28.5 Å². The Bertz CT molecular complexity index is 557. The number of pyridine rings is 1. The van der Waals surface area contributed by atoms with Gasteiger partial charge >= 0.3 is 6.09 Å². The minimum Gasteiger partial charge on any atom is -0.444 e. The molecule has 1 fully saturated rings. The van der Waals surface area contributed by atoms with Crippen molar-refractivity contribution >= 4 is 17.7 Å². The second-order valence-electron chi connectivity index (χ2n) is 7.04. The number of hydrogen-bond acceptors (Lipinski definition) is 4. The third kappa shape index (κ3) is 5.36. The van der Waals surface area contributed by atoms with E-state index < -0.39 is 5.60 Å². The number of piperidine rings is 1. The number of hydrogen-bond donors (Lipinski definition) is 1. The number of halogens is 1. The minimum atomic E-state index is -0.484. The van der Waals surface area contributed by atoms with Crippen LogP contribution in [0.5, 0.6) is 0 Å². The van der Waals surface area contributed by atoms with E-state index in [9.17, 15) is 4.79 Å². The Morgan fingerprint density at radius 3 is 2.87 bits per heavy atom. The molecule has 0 radical (unpaired) electrons. The topological polar surface area (TPSA) is 54.5 Å². The van der Waals surface area contributed by atoms with Crippen molar-refractivity contribution in [3.8, 4) is 0 Å². The van der Waals surface area contributed by atoms with Gasteiger partial charge in [0, 0.05) is 18.8 Å². The molecular formula is C17H26ClN3O2. The van der Waals surface area contributed by atoms with Crippen molar-refractivity contribution in [1.82, 2.24) is 15.2 Å². The molecule has 0 bridgehead atoms. The highest BCUT2D eigenvalue weighted by Gasteiger charge is 2.25. The number of ether oxygens (including phenoxy) is 1. The molecule has 1 saturated heterocycles. The van der Waals surface area contributed by atoms with Crippen LogP contribution in [-0.4, -0.2) is 34.8 Å². The average Bonchev–Trinajstić information content (AvgIpc) is 2.47. The van der Waals surface area contributed by atoms with Crippen LogP contribution in [0, 0.1) is 6.92 Å². The molecule has 1 amide bonds. The molecule has 23 heavy (non-hydrogen) atoms. The second kappa shape index (κ2) is 7.49. The fourth-order valence-corrected chi connectivity index (χ4v) is 2.90. The predicted molar refractivity (Wildman–Crippen MR) is 91.5 cm³/mol. The monoisotopic (exact) mass is 339 g/mol. The molecule has 0 unspecified atom stereocenters. The lowest BCUT2D eigenvalue weighted by Gasteiger charge is -2.36. The van der Waals surface area contributed by atoms with E-state index in [0.717, 1.165) is 30.5 Å². The van der Waals surface area contributed by atoms with Crippen LogP contribution in [0.15, 0.2) is 12.3 Å². The van der Waals surface area contributed by atoms with E-state index in [4.69, 9.17) is 16.3 Å². The molecule has 128 valence electrons. The molecule has 6 heteroatoms. The van der Waals surface area contributed by atoms with Gasteiger partial charge < -0.3 is 10.1 Å². The number of alkyl carbamates (subject to hydrolysis) is 1. The number of nitrogens with zero attached hydrogens (tertiary/aromatic N) is 2. The van der Waals surface area contributed by atoms with Crippen LogP contribution in [0.25, 0.3) is 0 Å². The highest BCUT2D eigenvalue weighted by atomic mass is 35.5. The van der Waals surface area contributed by atoms with Crippen LogP contribution in [0.4, 0.5) is 4.79 Å². The van der Waals surface area contributed by atoms with E-state index in [-0.39, 0.29) is 12.1 Å². The molecular weight excluding hydrogens is 314 g/mol. The lowest BCUT2D eigenvalue weighted by atomic mass is 9.96. The van der Waals surface area contributed by atoms with Gasteiger partial charge in [0.15, 0.2) is 0 Å². The maximum atomic E-state index is 11.9. The van der Waals surface area contributed by atoms with Crippen LogP contribution < -0.4 is 5.32 Å². The maximum Gasteiger partial charge on any atom is 0.408 e. The van der Waals surface area contributed by atoms with Crippen molar-refractivity contribution < 1.29 is 9.53 Å². The summed E-state index contributed by atoms with van der Waals surface area (Å²) in [7, 11) is 0. The van der Waals surface area contributed by atoms with Crippen molar-refractivity contribution in [2.75, 3.05) is 13.2 Å². The van der Waals surface area contributed by atoms with Gasteiger partial charge in [0.1, 0.15) is 10.8 Å². The SMILES string of the molecule is Cc1cc([C@@H]2CCCCN2CNC(=O)OC(C)(C)C)cnc1Cl. The first-order valence-corrected chi connectivity index (χ1v) is 8.47. The van der Waals surface area contributed by atoms with E-state index in [2.05, 4.69) is 21.3 Å². The molecule has 0 saturated carbocycles. The van der Waals surface area contributed by atoms with E-state index in [1.165, 1.54) is 6.42 Å². The molecule has 0 spiro atoms. The molecule has 1 aromatic rings. The zero-order valence-corrected chi connectivity index (χ0v) is 15.1. The average molecular weight is 340 g/mol. The van der Waals surface area contributed by atoms with Crippen LogP contribution in [0.2, 0.25) is 5.15 Å². The summed E-state index contributed by atoms with van der Waals surface area (Å²) in [6, 6.07) is 2.34. The number of amides is 1. The van der Waals surface area contributed by atoms with Gasteiger partial charge in [-0.05, 0) is 57.7 Å². The molecule has 0 aliphatic carbocycles. The molecule has 1 atom stereocenters. The number of carbonyl (C=O) groups excluding carboxylic acids is 1. The fourth-order valence-electron chi connectivity index (χ4n) is 2.80. The fraction of sp³-hybridized carbons (Fsp3) is 0.647. The first-order valence-electron chi connectivity index (χ1n) is 8.09. The summed E-state index contributed by atoms with van der Waals surface area (Å²) in [5.41, 5.74) is 1.65. The normalized spacial score (nSPS) is 19.4. The van der Waals surface area contributed by atoms with E-state index in [1.807, 2.05) is 33.9 Å². The second-order valence-corrected chi connectivity index (χ2v) is 7.40. The first-order chi connectivity index (χ1) is 10.8. The summed E-state index contributed by atoms with van der Waals surface area (Å²) >= 11 is 6.02. The molecule has 5 nitrogen and oxygen atoms in total. The zero-order valence-electron chi connectivity index (χ0n) is 14.4. The van der Waals surface area contributed by atoms with Gasteiger partial charge in [-0.15, -0.1) is 0 Å². The quantitative estimate of drug-likeness (QED) is 0.844. The van der Waals surface area contributed by atoms with Gasteiger partial charge in [0.05, 0.1) is 6.67 Å². The number of aromatic nitrogens is 1. The Hall–Kier alpha value is -1.33. The summed E-state index contributed by atoms with van der Waals surface area (Å²) in [5.74, 6) is 0. The largest absolute Gasteiger partial charge is 0.444 e. The standard InChI is InChI=1S/C17H26ClN3O2/c1-12-9-13(10-19-15(12)18)14-7-5-6-8-21(14)11-20-16(22)23-17(2,3)4/h9-10,14H,5-8,11H2,1-4H3,(H,20,22)/t14-/m0/s1. The lowest BCUT2D eigenvalue weighted by molar-refractivity contribution is 0.0451. The van der Waals surface area contributed by atoms with Gasteiger partial charge in [-0.1, -0.05) is 18.0 Å². The molecule has 2 heterocycles. The van der Waals surface area contributed by atoms with Gasteiger partial charge in [-0.3, -0.25) is 4.90 Å². The Balaban J connectivity index is 2.01. The van der Waals surface area contributed by atoms with Gasteiger partial charge in [0.25, 0.3) is 0 Å². The summed E-state index contributed by atoms with van der Waals surface area (Å²) in [5, 5.41) is 3.40. The minimum absolute atomic E-state index is 0.252. The third-order valence-corrected chi connectivity index (χ3v) is 4.26. The molecule has 1 aliphatic heterocycles. The van der Waals surface area contributed by atoms with Crippen molar-refractivity contribution in [2.45, 2.75) is 58.6 Å². The number of nitrogens with one attached hydrogen (secondary N) is 1. The summed E-state index contributed by atoms with van der Waals surface area (Å²) in [4.78, 5) is 18.4. The predicted octanol–water partition coefficient (Wildman–Crippen LogP) is 4.05. The number of carbonyl (C=O) groups is 1. The van der Waals surface area contributed by atoms with Gasteiger partial charge in [-0.2, -0.15) is 0 Å². The van der Waals surface area contributed by atoms with Crippen molar-refractivity contribution in [3.63, 3.8) is 0 Å².